The monoisotopic (exact) mass is 345 g/mol. The first-order valence-electron chi connectivity index (χ1n) is 8.56. The molecule has 25 heavy (non-hydrogen) atoms. The Kier molecular flexibility index (Phi) is 6.80. The second-order valence-corrected chi connectivity index (χ2v) is 6.49. The molecule has 0 saturated heterocycles. The molecule has 0 bridgehead atoms. The summed E-state index contributed by atoms with van der Waals surface area (Å²) in [5.41, 5.74) is 0.952. The number of nitrogens with zero attached hydrogens (tertiary/aromatic N) is 3. The standard InChI is InChI=1S/C18H27N5O2/c1-13(2)9-10-25-16-8-6-5-7-15(16)11-19-18(24)21-14(3)17-22-20-12-23(17)4/h5-8,12-14H,9-11H2,1-4H3,(H2,19,21,24)/t14-/m1/s1. The number of aryl methyl sites for hydroxylation is 1. The van der Waals surface area contributed by atoms with Gasteiger partial charge in [0.1, 0.15) is 12.1 Å². The Morgan fingerprint density at radius 3 is 2.72 bits per heavy atom. The zero-order chi connectivity index (χ0) is 18.2. The van der Waals surface area contributed by atoms with Crippen LogP contribution in [0.3, 0.4) is 0 Å². The number of urea groups is 1. The topological polar surface area (TPSA) is 81.1 Å². The minimum absolute atomic E-state index is 0.231. The zero-order valence-corrected chi connectivity index (χ0v) is 15.3. The van der Waals surface area contributed by atoms with Crippen LogP contribution in [-0.2, 0) is 13.6 Å². The molecule has 0 unspecified atom stereocenters. The number of nitrogens with one attached hydrogen (secondary N) is 2. The Morgan fingerprint density at radius 2 is 2.04 bits per heavy atom. The van der Waals surface area contributed by atoms with E-state index in [0.29, 0.717) is 24.9 Å². The van der Waals surface area contributed by atoms with E-state index in [1.165, 1.54) is 0 Å². The van der Waals surface area contributed by atoms with E-state index in [1.54, 1.807) is 10.9 Å². The van der Waals surface area contributed by atoms with Gasteiger partial charge in [0.25, 0.3) is 0 Å². The molecule has 136 valence electrons. The predicted octanol–water partition coefficient (Wildman–Crippen LogP) is 2.80. The van der Waals surface area contributed by atoms with E-state index in [1.807, 2.05) is 38.2 Å². The number of carbonyl (C=O) groups is 1. The summed E-state index contributed by atoms with van der Waals surface area (Å²) in [4.78, 5) is 12.1. The average Bonchev–Trinajstić information content (AvgIpc) is 3.00. The molecule has 2 aromatic rings. The van der Waals surface area contributed by atoms with Crippen LogP contribution < -0.4 is 15.4 Å². The highest BCUT2D eigenvalue weighted by atomic mass is 16.5. The molecule has 0 saturated carbocycles. The molecule has 0 aliphatic rings. The van der Waals surface area contributed by atoms with E-state index in [4.69, 9.17) is 4.74 Å². The highest BCUT2D eigenvalue weighted by Crippen LogP contribution is 2.18. The van der Waals surface area contributed by atoms with Crippen molar-refractivity contribution >= 4 is 6.03 Å². The molecule has 0 aliphatic carbocycles. The van der Waals surface area contributed by atoms with Crippen molar-refractivity contribution < 1.29 is 9.53 Å². The van der Waals surface area contributed by atoms with Gasteiger partial charge in [-0.3, -0.25) is 0 Å². The van der Waals surface area contributed by atoms with Gasteiger partial charge in [-0.2, -0.15) is 0 Å². The molecular formula is C18H27N5O2. The first kappa shape index (κ1) is 18.8. The van der Waals surface area contributed by atoms with Gasteiger partial charge in [0, 0.05) is 19.2 Å². The minimum Gasteiger partial charge on any atom is -0.493 e. The van der Waals surface area contributed by atoms with Crippen molar-refractivity contribution in [1.82, 2.24) is 25.4 Å². The molecule has 7 heteroatoms. The van der Waals surface area contributed by atoms with Gasteiger partial charge < -0.3 is 19.9 Å². The summed E-state index contributed by atoms with van der Waals surface area (Å²) < 4.78 is 7.62. The van der Waals surface area contributed by atoms with Gasteiger partial charge in [-0.25, -0.2) is 4.79 Å². The van der Waals surface area contributed by atoms with Gasteiger partial charge in [-0.15, -0.1) is 10.2 Å². The lowest BCUT2D eigenvalue weighted by Gasteiger charge is -2.15. The Labute approximate surface area is 148 Å². The van der Waals surface area contributed by atoms with Crippen LogP contribution in [0.15, 0.2) is 30.6 Å². The van der Waals surface area contributed by atoms with E-state index < -0.39 is 0 Å². The molecule has 0 spiro atoms. The van der Waals surface area contributed by atoms with Crippen molar-refractivity contribution in [2.75, 3.05) is 6.61 Å². The van der Waals surface area contributed by atoms with Crippen LogP contribution in [-0.4, -0.2) is 27.4 Å². The largest absolute Gasteiger partial charge is 0.493 e. The maximum atomic E-state index is 12.1. The summed E-state index contributed by atoms with van der Waals surface area (Å²) in [5.74, 6) is 2.11. The molecule has 0 radical (unpaired) electrons. The van der Waals surface area contributed by atoms with E-state index in [9.17, 15) is 4.79 Å². The summed E-state index contributed by atoms with van der Waals surface area (Å²) in [7, 11) is 1.84. The van der Waals surface area contributed by atoms with Crippen molar-refractivity contribution in [3.05, 3.63) is 42.0 Å². The van der Waals surface area contributed by atoms with Crippen LogP contribution in [0.1, 0.15) is 44.6 Å². The van der Waals surface area contributed by atoms with Crippen molar-refractivity contribution in [2.24, 2.45) is 13.0 Å². The van der Waals surface area contributed by atoms with E-state index >= 15 is 0 Å². The summed E-state index contributed by atoms with van der Waals surface area (Å²) in [6, 6.07) is 7.27. The first-order valence-corrected chi connectivity index (χ1v) is 8.56. The number of hydrogen-bond donors (Lipinski definition) is 2. The van der Waals surface area contributed by atoms with Gasteiger partial charge in [-0.05, 0) is 25.3 Å². The van der Waals surface area contributed by atoms with Crippen LogP contribution in [0.2, 0.25) is 0 Å². The maximum absolute atomic E-state index is 12.1. The molecule has 1 aromatic carbocycles. The first-order chi connectivity index (χ1) is 12.0. The summed E-state index contributed by atoms with van der Waals surface area (Å²) in [6.07, 6.45) is 2.60. The smallest absolute Gasteiger partial charge is 0.315 e. The maximum Gasteiger partial charge on any atom is 0.315 e. The number of para-hydroxylation sites is 1. The number of amides is 2. The number of benzene rings is 1. The normalized spacial score (nSPS) is 12.0. The average molecular weight is 345 g/mol. The fourth-order valence-electron chi connectivity index (χ4n) is 2.37. The lowest BCUT2D eigenvalue weighted by Crippen LogP contribution is -2.37. The van der Waals surface area contributed by atoms with Crippen LogP contribution in [0, 0.1) is 5.92 Å². The number of ether oxygens (including phenoxy) is 1. The Hall–Kier alpha value is -2.57. The summed E-state index contributed by atoms with van der Waals surface area (Å²) >= 11 is 0. The van der Waals surface area contributed by atoms with Gasteiger partial charge in [-0.1, -0.05) is 32.0 Å². The molecule has 1 heterocycles. The fraction of sp³-hybridized carbons (Fsp3) is 0.500. The highest BCUT2D eigenvalue weighted by molar-refractivity contribution is 5.74. The Morgan fingerprint density at radius 1 is 1.28 bits per heavy atom. The van der Waals surface area contributed by atoms with Crippen LogP contribution in [0.4, 0.5) is 4.79 Å². The second-order valence-electron chi connectivity index (χ2n) is 6.49. The Bertz CT molecular complexity index is 684. The van der Waals surface area contributed by atoms with Crippen LogP contribution >= 0.6 is 0 Å². The number of rotatable bonds is 8. The lowest BCUT2D eigenvalue weighted by atomic mass is 10.1. The fourth-order valence-corrected chi connectivity index (χ4v) is 2.37. The molecule has 1 aromatic heterocycles. The molecule has 2 rings (SSSR count). The Balaban J connectivity index is 1.86. The highest BCUT2D eigenvalue weighted by Gasteiger charge is 2.14. The van der Waals surface area contributed by atoms with Crippen LogP contribution in [0.5, 0.6) is 5.75 Å². The summed E-state index contributed by atoms with van der Waals surface area (Å²) in [6.45, 7) is 7.27. The third-order valence-corrected chi connectivity index (χ3v) is 3.85. The quantitative estimate of drug-likeness (QED) is 0.771. The van der Waals surface area contributed by atoms with E-state index in [2.05, 4.69) is 34.7 Å². The number of carbonyl (C=O) groups excluding carboxylic acids is 1. The van der Waals surface area contributed by atoms with Gasteiger partial charge in [0.15, 0.2) is 5.82 Å². The van der Waals surface area contributed by atoms with Gasteiger partial charge in [0.2, 0.25) is 0 Å². The van der Waals surface area contributed by atoms with E-state index in [-0.39, 0.29) is 12.1 Å². The summed E-state index contributed by atoms with van der Waals surface area (Å²) in [5, 5.41) is 13.5. The van der Waals surface area contributed by atoms with Crippen LogP contribution in [0.25, 0.3) is 0 Å². The molecular weight excluding hydrogens is 318 g/mol. The zero-order valence-electron chi connectivity index (χ0n) is 15.3. The molecule has 1 atom stereocenters. The third kappa shape index (κ3) is 5.77. The third-order valence-electron chi connectivity index (χ3n) is 3.85. The number of hydrogen-bond acceptors (Lipinski definition) is 4. The molecule has 0 fully saturated rings. The molecule has 7 nitrogen and oxygen atoms in total. The molecule has 2 amide bonds. The van der Waals surface area contributed by atoms with Crippen molar-refractivity contribution in [1.29, 1.82) is 0 Å². The van der Waals surface area contributed by atoms with Crippen molar-refractivity contribution in [3.8, 4) is 5.75 Å². The second kappa shape index (κ2) is 9.05. The van der Waals surface area contributed by atoms with Crippen molar-refractivity contribution in [2.45, 2.75) is 39.8 Å². The molecule has 0 aliphatic heterocycles. The van der Waals surface area contributed by atoms with Gasteiger partial charge >= 0.3 is 6.03 Å². The van der Waals surface area contributed by atoms with Crippen molar-refractivity contribution in [3.63, 3.8) is 0 Å². The SMILES string of the molecule is CC(C)CCOc1ccccc1CNC(=O)N[C@H](C)c1nncn1C. The molecule has 2 N–H and O–H groups in total. The minimum atomic E-state index is -0.257. The van der Waals surface area contributed by atoms with E-state index in [0.717, 1.165) is 17.7 Å². The predicted molar refractivity (Wildman–Crippen MR) is 96.2 cm³/mol. The lowest BCUT2D eigenvalue weighted by molar-refractivity contribution is 0.236. The number of aromatic nitrogens is 3. The van der Waals surface area contributed by atoms with Gasteiger partial charge in [0.05, 0.1) is 12.6 Å².